The summed E-state index contributed by atoms with van der Waals surface area (Å²) in [5.41, 5.74) is 1.15. The highest BCUT2D eigenvalue weighted by molar-refractivity contribution is 5.89. The first kappa shape index (κ1) is 20.3. The van der Waals surface area contributed by atoms with Crippen molar-refractivity contribution in [2.75, 3.05) is 14.2 Å². The van der Waals surface area contributed by atoms with E-state index in [4.69, 9.17) is 14.2 Å². The van der Waals surface area contributed by atoms with Crippen LogP contribution in [0.15, 0.2) is 24.3 Å². The topological polar surface area (TPSA) is 61.8 Å². The molecule has 0 spiro atoms. The molecule has 0 heterocycles. The van der Waals surface area contributed by atoms with E-state index in [9.17, 15) is 9.59 Å². The van der Waals surface area contributed by atoms with Gasteiger partial charge >= 0.3 is 5.97 Å². The normalized spacial score (nSPS) is 12.9. The van der Waals surface area contributed by atoms with Crippen molar-refractivity contribution in [2.45, 2.75) is 51.9 Å². The smallest absolute Gasteiger partial charge is 0.338 e. The number of carbonyl (C=O) groups excluding carboxylic acids is 2. The van der Waals surface area contributed by atoms with Gasteiger partial charge in [0.2, 0.25) is 0 Å². The molecule has 0 N–H and O–H groups in total. The van der Waals surface area contributed by atoms with Gasteiger partial charge in [-0.1, -0.05) is 12.1 Å². The van der Waals surface area contributed by atoms with Gasteiger partial charge in [-0.2, -0.15) is 0 Å². The third-order valence-electron chi connectivity index (χ3n) is 3.58. The molecule has 0 bridgehead atoms. The first-order valence-electron chi connectivity index (χ1n) is 8.14. The van der Waals surface area contributed by atoms with Crippen LogP contribution < -0.4 is 0 Å². The van der Waals surface area contributed by atoms with Crippen LogP contribution in [0.5, 0.6) is 0 Å². The molecule has 5 heteroatoms. The van der Waals surface area contributed by atoms with E-state index < -0.39 is 11.9 Å². The predicted octanol–water partition coefficient (Wildman–Crippen LogP) is 3.40. The fraction of sp³-hybridized carbons (Fsp3) is 0.579. The fourth-order valence-corrected chi connectivity index (χ4v) is 2.40. The molecule has 1 aromatic rings. The van der Waals surface area contributed by atoms with E-state index in [1.54, 1.807) is 12.1 Å². The summed E-state index contributed by atoms with van der Waals surface area (Å²) in [6.07, 6.45) is 2.71. The van der Waals surface area contributed by atoms with Crippen LogP contribution >= 0.6 is 0 Å². The van der Waals surface area contributed by atoms with Gasteiger partial charge in [-0.05, 0) is 57.7 Å². The molecule has 1 atom stereocenters. The zero-order valence-corrected chi connectivity index (χ0v) is 15.2. The second-order valence-corrected chi connectivity index (χ2v) is 6.73. The summed E-state index contributed by atoms with van der Waals surface area (Å²) in [4.78, 5) is 23.1. The Kier molecular flexibility index (Phi) is 8.08. The maximum Gasteiger partial charge on any atom is 0.338 e. The number of hydrogen-bond donors (Lipinski definition) is 0. The Hall–Kier alpha value is -1.72. The van der Waals surface area contributed by atoms with Gasteiger partial charge in [0, 0.05) is 14.2 Å². The largest absolute Gasteiger partial charge is 0.456 e. The van der Waals surface area contributed by atoms with Crippen molar-refractivity contribution in [3.8, 4) is 0 Å². The maximum absolute atomic E-state index is 12.0. The Morgan fingerprint density at radius 3 is 2.17 bits per heavy atom. The molecule has 134 valence electrons. The van der Waals surface area contributed by atoms with Gasteiger partial charge in [0.15, 0.2) is 6.29 Å². The number of methoxy groups -OCH3 is 2. The highest BCUT2D eigenvalue weighted by Crippen LogP contribution is 2.17. The number of esters is 1. The Morgan fingerprint density at radius 2 is 1.71 bits per heavy atom. The molecule has 0 amide bonds. The molecular formula is C19H28O5. The summed E-state index contributed by atoms with van der Waals surface area (Å²) < 4.78 is 15.6. The number of benzene rings is 1. The summed E-state index contributed by atoms with van der Waals surface area (Å²) >= 11 is 0. The molecule has 0 aliphatic rings. The lowest BCUT2D eigenvalue weighted by Gasteiger charge is -2.20. The van der Waals surface area contributed by atoms with E-state index in [1.807, 2.05) is 32.9 Å². The van der Waals surface area contributed by atoms with Crippen molar-refractivity contribution in [2.24, 2.45) is 5.92 Å². The van der Waals surface area contributed by atoms with Crippen molar-refractivity contribution in [3.63, 3.8) is 0 Å². The van der Waals surface area contributed by atoms with Crippen LogP contribution in [0, 0.1) is 5.92 Å². The van der Waals surface area contributed by atoms with E-state index in [1.165, 1.54) is 14.2 Å². The molecular weight excluding hydrogens is 308 g/mol. The van der Waals surface area contributed by atoms with E-state index >= 15 is 0 Å². The van der Waals surface area contributed by atoms with E-state index in [0.29, 0.717) is 12.0 Å². The summed E-state index contributed by atoms with van der Waals surface area (Å²) in [5.74, 6) is -0.598. The average Bonchev–Trinajstić information content (AvgIpc) is 2.53. The molecule has 0 aliphatic heterocycles. The van der Waals surface area contributed by atoms with Crippen molar-refractivity contribution in [3.05, 3.63) is 35.4 Å². The first-order valence-corrected chi connectivity index (χ1v) is 8.14. The number of ether oxygens (including phenoxy) is 3. The SMILES string of the molecule is COC(OC)C(C=O)CCCc1ccc(C(=O)OC(C)(C)C)cc1. The van der Waals surface area contributed by atoms with E-state index in [0.717, 1.165) is 24.7 Å². The van der Waals surface area contributed by atoms with Crippen molar-refractivity contribution in [1.82, 2.24) is 0 Å². The summed E-state index contributed by atoms with van der Waals surface area (Å²) in [6, 6.07) is 7.38. The molecule has 0 saturated heterocycles. The van der Waals surface area contributed by atoms with Crippen LogP contribution in [-0.2, 0) is 25.4 Å². The van der Waals surface area contributed by atoms with Crippen LogP contribution in [0.2, 0.25) is 0 Å². The number of aldehydes is 1. The average molecular weight is 336 g/mol. The molecule has 1 aromatic carbocycles. The van der Waals surface area contributed by atoms with Crippen LogP contribution in [0.1, 0.15) is 49.5 Å². The molecule has 0 aromatic heterocycles. The first-order chi connectivity index (χ1) is 11.3. The molecule has 0 aliphatic carbocycles. The van der Waals surface area contributed by atoms with Crippen molar-refractivity contribution in [1.29, 1.82) is 0 Å². The molecule has 5 nitrogen and oxygen atoms in total. The minimum absolute atomic E-state index is 0.277. The quantitative estimate of drug-likeness (QED) is 0.393. The molecule has 0 radical (unpaired) electrons. The Bertz CT molecular complexity index is 512. The number of aryl methyl sites for hydroxylation is 1. The second kappa shape index (κ2) is 9.55. The van der Waals surface area contributed by atoms with Crippen LogP contribution in [0.4, 0.5) is 0 Å². The monoisotopic (exact) mass is 336 g/mol. The number of carbonyl (C=O) groups is 2. The van der Waals surface area contributed by atoms with Gasteiger partial charge in [0.05, 0.1) is 11.5 Å². The Morgan fingerprint density at radius 1 is 1.12 bits per heavy atom. The van der Waals surface area contributed by atoms with E-state index in [-0.39, 0.29) is 11.9 Å². The van der Waals surface area contributed by atoms with Gasteiger partial charge in [-0.3, -0.25) is 0 Å². The summed E-state index contributed by atoms with van der Waals surface area (Å²) in [5, 5.41) is 0. The number of rotatable bonds is 9. The third-order valence-corrected chi connectivity index (χ3v) is 3.58. The van der Waals surface area contributed by atoms with Gasteiger partial charge in [0.25, 0.3) is 0 Å². The number of hydrogen-bond acceptors (Lipinski definition) is 5. The molecule has 1 rings (SSSR count). The maximum atomic E-state index is 12.0. The van der Waals surface area contributed by atoms with Gasteiger partial charge in [0.1, 0.15) is 11.9 Å². The minimum Gasteiger partial charge on any atom is -0.456 e. The Balaban J connectivity index is 2.53. The summed E-state index contributed by atoms with van der Waals surface area (Å²) in [6.45, 7) is 5.53. The molecule has 0 saturated carbocycles. The van der Waals surface area contributed by atoms with Gasteiger partial charge < -0.3 is 19.0 Å². The van der Waals surface area contributed by atoms with Crippen LogP contribution in [-0.4, -0.2) is 38.4 Å². The lowest BCUT2D eigenvalue weighted by molar-refractivity contribution is -0.149. The van der Waals surface area contributed by atoms with Crippen molar-refractivity contribution >= 4 is 12.3 Å². The zero-order chi connectivity index (χ0) is 18.2. The van der Waals surface area contributed by atoms with Crippen LogP contribution in [0.25, 0.3) is 0 Å². The third kappa shape index (κ3) is 6.81. The summed E-state index contributed by atoms with van der Waals surface area (Å²) in [7, 11) is 3.06. The highest BCUT2D eigenvalue weighted by atomic mass is 16.7. The Labute approximate surface area is 144 Å². The zero-order valence-electron chi connectivity index (χ0n) is 15.2. The van der Waals surface area contributed by atoms with E-state index in [2.05, 4.69) is 0 Å². The standard InChI is InChI=1S/C19H28O5/c1-19(2,3)24-17(21)15-11-9-14(10-12-15)7-6-8-16(13-20)18(22-4)23-5/h9-13,16,18H,6-8H2,1-5H3. The van der Waals surface area contributed by atoms with Crippen molar-refractivity contribution < 1.29 is 23.8 Å². The van der Waals surface area contributed by atoms with Gasteiger partial charge in [-0.15, -0.1) is 0 Å². The fourth-order valence-electron chi connectivity index (χ4n) is 2.40. The second-order valence-electron chi connectivity index (χ2n) is 6.73. The highest BCUT2D eigenvalue weighted by Gasteiger charge is 2.20. The lowest BCUT2D eigenvalue weighted by Crippen LogP contribution is -2.26. The molecule has 1 unspecified atom stereocenters. The predicted molar refractivity (Wildman–Crippen MR) is 91.9 cm³/mol. The molecule has 0 fully saturated rings. The van der Waals surface area contributed by atoms with Gasteiger partial charge in [-0.25, -0.2) is 4.79 Å². The molecule has 24 heavy (non-hydrogen) atoms. The lowest BCUT2D eigenvalue weighted by atomic mass is 9.99. The minimum atomic E-state index is -0.503. The van der Waals surface area contributed by atoms with Crippen LogP contribution in [0.3, 0.4) is 0 Å².